The summed E-state index contributed by atoms with van der Waals surface area (Å²) in [5.74, 6) is -0.913. The second-order valence-electron chi connectivity index (χ2n) is 6.58. The Morgan fingerprint density at radius 2 is 1.73 bits per heavy atom. The van der Waals surface area contributed by atoms with E-state index in [-0.39, 0.29) is 28.6 Å². The Bertz CT molecular complexity index is 1200. The monoisotopic (exact) mass is 442 g/mol. The van der Waals surface area contributed by atoms with Gasteiger partial charge in [0.2, 0.25) is 5.78 Å². The lowest BCUT2D eigenvalue weighted by atomic mass is 10.0. The quantitative estimate of drug-likeness (QED) is 0.272. The maximum absolute atomic E-state index is 13.0. The largest absolute Gasteiger partial charge is 0.452 e. The molecule has 0 N–H and O–H groups in total. The maximum Gasteiger partial charge on any atom is 0.343 e. The molecule has 0 spiro atoms. The number of hydrogen-bond donors (Lipinski definition) is 0. The number of ether oxygens (including phenoxy) is 2. The van der Waals surface area contributed by atoms with Gasteiger partial charge in [-0.05, 0) is 61.0 Å². The van der Waals surface area contributed by atoms with Crippen LogP contribution in [-0.2, 0) is 0 Å². The second-order valence-corrected chi connectivity index (χ2v) is 7.40. The summed E-state index contributed by atoms with van der Waals surface area (Å²) in [5, 5.41) is 0.765. The number of Topliss-reactive ketones (excluding diaryl/α,β-unsaturated/α-hetero) is 1. The van der Waals surface area contributed by atoms with Gasteiger partial charge in [0.15, 0.2) is 5.76 Å². The van der Waals surface area contributed by atoms with Gasteiger partial charge in [-0.25, -0.2) is 9.18 Å². The van der Waals surface area contributed by atoms with Gasteiger partial charge >= 0.3 is 5.97 Å². The molecular formula is C23H13Cl2FO4. The van der Waals surface area contributed by atoms with Gasteiger partial charge in [0.1, 0.15) is 17.3 Å². The fraction of sp³-hybridized carbons (Fsp3) is 0.0435. The standard InChI is InChI=1S/C23H13Cl2FO4/c1-12-9-15(29-23(28)13-5-7-14(26)8-6-13)10-19-21(12)22(27)20(30-19)11-16-17(24)3-2-4-18(16)25/h2-11H,1H3/b20-11-. The molecule has 0 unspecified atom stereocenters. The number of aryl methyl sites for hydroxylation is 1. The highest BCUT2D eigenvalue weighted by atomic mass is 35.5. The highest BCUT2D eigenvalue weighted by Crippen LogP contribution is 2.38. The molecule has 3 aromatic rings. The van der Waals surface area contributed by atoms with E-state index in [9.17, 15) is 14.0 Å². The molecule has 1 aliphatic heterocycles. The fourth-order valence-corrected chi connectivity index (χ4v) is 3.57. The third kappa shape index (κ3) is 3.82. The number of ketones is 1. The number of carbonyl (C=O) groups is 2. The Morgan fingerprint density at radius 3 is 2.40 bits per heavy atom. The van der Waals surface area contributed by atoms with E-state index in [1.807, 2.05) is 0 Å². The summed E-state index contributed by atoms with van der Waals surface area (Å²) in [6, 6.07) is 13.0. The molecule has 4 rings (SSSR count). The fourth-order valence-electron chi connectivity index (χ4n) is 3.07. The Kier molecular flexibility index (Phi) is 5.33. The SMILES string of the molecule is Cc1cc(OC(=O)c2ccc(F)cc2)cc2c1C(=O)/C(=C/c1c(Cl)cccc1Cl)O2. The van der Waals surface area contributed by atoms with Crippen LogP contribution in [0, 0.1) is 12.7 Å². The number of allylic oxidation sites excluding steroid dienone is 1. The number of hydrogen-bond acceptors (Lipinski definition) is 4. The molecular weight excluding hydrogens is 430 g/mol. The van der Waals surface area contributed by atoms with Gasteiger partial charge in [-0.15, -0.1) is 0 Å². The highest BCUT2D eigenvalue weighted by Gasteiger charge is 2.30. The van der Waals surface area contributed by atoms with E-state index in [1.54, 1.807) is 31.2 Å². The molecule has 0 radical (unpaired) electrons. The van der Waals surface area contributed by atoms with Gasteiger partial charge in [0, 0.05) is 21.7 Å². The Labute approximate surface area is 181 Å². The zero-order chi connectivity index (χ0) is 21.4. The first-order valence-electron chi connectivity index (χ1n) is 8.84. The molecule has 7 heteroatoms. The van der Waals surface area contributed by atoms with E-state index in [1.165, 1.54) is 36.4 Å². The molecule has 0 atom stereocenters. The van der Waals surface area contributed by atoms with Crippen molar-refractivity contribution < 1.29 is 23.5 Å². The zero-order valence-electron chi connectivity index (χ0n) is 15.5. The van der Waals surface area contributed by atoms with E-state index in [2.05, 4.69) is 0 Å². The minimum Gasteiger partial charge on any atom is -0.452 e. The summed E-state index contributed by atoms with van der Waals surface area (Å²) in [6.07, 6.45) is 1.48. The van der Waals surface area contributed by atoms with Crippen molar-refractivity contribution in [2.45, 2.75) is 6.92 Å². The van der Waals surface area contributed by atoms with Crippen LogP contribution in [0.15, 0.2) is 60.4 Å². The lowest BCUT2D eigenvalue weighted by molar-refractivity contribution is 0.0734. The van der Waals surface area contributed by atoms with Crippen molar-refractivity contribution in [3.63, 3.8) is 0 Å². The first kappa shape index (κ1) is 20.1. The van der Waals surface area contributed by atoms with E-state index in [4.69, 9.17) is 32.7 Å². The molecule has 1 heterocycles. The van der Waals surface area contributed by atoms with Crippen molar-refractivity contribution in [2.24, 2.45) is 0 Å². The van der Waals surface area contributed by atoms with Crippen LogP contribution in [0.25, 0.3) is 6.08 Å². The van der Waals surface area contributed by atoms with Crippen LogP contribution in [0.5, 0.6) is 11.5 Å². The lowest BCUT2D eigenvalue weighted by Crippen LogP contribution is -2.08. The predicted molar refractivity (Wildman–Crippen MR) is 112 cm³/mol. The first-order chi connectivity index (χ1) is 14.3. The minimum absolute atomic E-state index is 0.0603. The van der Waals surface area contributed by atoms with E-state index in [0.717, 1.165) is 0 Å². The van der Waals surface area contributed by atoms with Crippen molar-refractivity contribution in [3.05, 3.63) is 98.5 Å². The molecule has 0 aliphatic carbocycles. The van der Waals surface area contributed by atoms with Gasteiger partial charge in [0.05, 0.1) is 11.1 Å². The molecule has 150 valence electrons. The molecule has 0 amide bonds. The van der Waals surface area contributed by atoms with Crippen LogP contribution in [0.4, 0.5) is 4.39 Å². The van der Waals surface area contributed by atoms with Crippen molar-refractivity contribution in [1.29, 1.82) is 0 Å². The molecule has 1 aliphatic rings. The van der Waals surface area contributed by atoms with Gasteiger partial charge < -0.3 is 9.47 Å². The van der Waals surface area contributed by atoms with E-state index < -0.39 is 11.8 Å². The zero-order valence-corrected chi connectivity index (χ0v) is 17.1. The van der Waals surface area contributed by atoms with Crippen molar-refractivity contribution in [1.82, 2.24) is 0 Å². The van der Waals surface area contributed by atoms with Gasteiger partial charge in [-0.1, -0.05) is 29.3 Å². The number of benzene rings is 3. The molecule has 3 aromatic carbocycles. The summed E-state index contributed by atoms with van der Waals surface area (Å²) in [6.45, 7) is 1.71. The van der Waals surface area contributed by atoms with E-state index in [0.29, 0.717) is 26.7 Å². The van der Waals surface area contributed by atoms with Crippen LogP contribution in [-0.4, -0.2) is 11.8 Å². The topological polar surface area (TPSA) is 52.6 Å². The minimum atomic E-state index is -0.655. The summed E-state index contributed by atoms with van der Waals surface area (Å²) in [4.78, 5) is 25.1. The van der Waals surface area contributed by atoms with Gasteiger partial charge in [-0.3, -0.25) is 4.79 Å². The van der Waals surface area contributed by atoms with Crippen LogP contribution in [0.1, 0.15) is 31.8 Å². The molecule has 0 fully saturated rings. The molecule has 0 saturated carbocycles. The normalized spacial score (nSPS) is 13.9. The molecule has 0 aromatic heterocycles. The summed E-state index contributed by atoms with van der Waals surface area (Å²) >= 11 is 12.3. The predicted octanol–water partition coefficient (Wildman–Crippen LogP) is 6.28. The third-order valence-corrected chi connectivity index (χ3v) is 5.17. The Hall–Kier alpha value is -3.15. The third-order valence-electron chi connectivity index (χ3n) is 4.51. The molecule has 0 saturated heterocycles. The van der Waals surface area contributed by atoms with Crippen LogP contribution in [0.3, 0.4) is 0 Å². The highest BCUT2D eigenvalue weighted by molar-refractivity contribution is 6.37. The number of esters is 1. The Morgan fingerprint density at radius 1 is 1.07 bits per heavy atom. The number of halogens is 3. The number of carbonyl (C=O) groups excluding carboxylic acids is 2. The van der Waals surface area contributed by atoms with Crippen LogP contribution >= 0.6 is 23.2 Å². The number of fused-ring (bicyclic) bond motifs is 1. The lowest BCUT2D eigenvalue weighted by Gasteiger charge is -2.08. The van der Waals surface area contributed by atoms with E-state index >= 15 is 0 Å². The van der Waals surface area contributed by atoms with Crippen LogP contribution < -0.4 is 9.47 Å². The van der Waals surface area contributed by atoms with Gasteiger partial charge in [-0.2, -0.15) is 0 Å². The summed E-state index contributed by atoms with van der Waals surface area (Å²) < 4.78 is 24.1. The average Bonchev–Trinajstić information content (AvgIpc) is 3.01. The maximum atomic E-state index is 13.0. The molecule has 30 heavy (non-hydrogen) atoms. The smallest absolute Gasteiger partial charge is 0.343 e. The summed E-state index contributed by atoms with van der Waals surface area (Å²) in [7, 11) is 0. The molecule has 0 bridgehead atoms. The van der Waals surface area contributed by atoms with Crippen molar-refractivity contribution in [2.75, 3.05) is 0 Å². The number of rotatable bonds is 3. The van der Waals surface area contributed by atoms with Crippen molar-refractivity contribution in [3.8, 4) is 11.5 Å². The van der Waals surface area contributed by atoms with Crippen molar-refractivity contribution >= 4 is 41.0 Å². The van der Waals surface area contributed by atoms with Gasteiger partial charge in [0.25, 0.3) is 0 Å². The van der Waals surface area contributed by atoms with Crippen LogP contribution in [0.2, 0.25) is 10.0 Å². The first-order valence-corrected chi connectivity index (χ1v) is 9.60. The summed E-state index contributed by atoms with van der Waals surface area (Å²) in [5.41, 5.74) is 1.61. The molecule has 4 nitrogen and oxygen atoms in total. The average molecular weight is 443 g/mol. The Balaban J connectivity index is 1.63. The second kappa shape index (κ2) is 7.94.